The third kappa shape index (κ3) is 7.32. The van der Waals surface area contributed by atoms with Crippen molar-refractivity contribution in [2.75, 3.05) is 17.1 Å². The molecule has 180 valence electrons. The van der Waals surface area contributed by atoms with E-state index in [9.17, 15) is 18.0 Å². The van der Waals surface area contributed by atoms with Crippen molar-refractivity contribution >= 4 is 27.5 Å². The van der Waals surface area contributed by atoms with Crippen LogP contribution in [0.15, 0.2) is 48.5 Å². The zero-order valence-corrected chi connectivity index (χ0v) is 21.1. The molecule has 1 atom stereocenters. The number of aryl methyl sites for hydroxylation is 2. The van der Waals surface area contributed by atoms with Gasteiger partial charge >= 0.3 is 0 Å². The number of hydrogen-bond donors (Lipinski definition) is 1. The highest BCUT2D eigenvalue weighted by molar-refractivity contribution is 7.92. The number of carbonyl (C=O) groups is 2. The lowest BCUT2D eigenvalue weighted by molar-refractivity contribution is -0.140. The first-order chi connectivity index (χ1) is 15.4. The van der Waals surface area contributed by atoms with Crippen molar-refractivity contribution in [1.29, 1.82) is 0 Å². The molecule has 0 spiro atoms. The topological polar surface area (TPSA) is 86.8 Å². The average molecular weight is 474 g/mol. The number of benzene rings is 2. The van der Waals surface area contributed by atoms with E-state index < -0.39 is 22.0 Å². The van der Waals surface area contributed by atoms with Crippen LogP contribution in [0.5, 0.6) is 0 Å². The van der Waals surface area contributed by atoms with Gasteiger partial charge in [-0.2, -0.15) is 0 Å². The number of anilines is 1. The molecule has 0 saturated carbocycles. The zero-order chi connectivity index (χ0) is 24.8. The average Bonchev–Trinajstić information content (AvgIpc) is 2.71. The van der Waals surface area contributed by atoms with E-state index in [1.807, 2.05) is 65.0 Å². The molecule has 7 nitrogen and oxygen atoms in total. The fourth-order valence-corrected chi connectivity index (χ4v) is 4.51. The summed E-state index contributed by atoms with van der Waals surface area (Å²) in [6, 6.07) is 13.9. The molecule has 0 aliphatic carbocycles. The molecule has 0 aromatic heterocycles. The van der Waals surface area contributed by atoms with E-state index in [1.165, 1.54) is 4.90 Å². The lowest BCUT2D eigenvalue weighted by Crippen LogP contribution is -2.53. The Bertz CT molecular complexity index is 1080. The van der Waals surface area contributed by atoms with Gasteiger partial charge in [0.2, 0.25) is 21.8 Å². The van der Waals surface area contributed by atoms with E-state index in [-0.39, 0.29) is 25.0 Å². The molecule has 0 fully saturated rings. The third-order valence-electron chi connectivity index (χ3n) is 5.39. The van der Waals surface area contributed by atoms with Crippen LogP contribution in [0.3, 0.4) is 0 Å². The summed E-state index contributed by atoms with van der Waals surface area (Å²) in [5, 5.41) is 2.89. The Labute approximate surface area is 197 Å². The van der Waals surface area contributed by atoms with Gasteiger partial charge in [-0.25, -0.2) is 8.42 Å². The van der Waals surface area contributed by atoms with E-state index in [0.29, 0.717) is 12.1 Å². The highest BCUT2D eigenvalue weighted by atomic mass is 32.2. The molecule has 0 aliphatic heterocycles. The highest BCUT2D eigenvalue weighted by Gasteiger charge is 2.32. The third-order valence-corrected chi connectivity index (χ3v) is 6.53. The molecule has 0 radical (unpaired) electrons. The van der Waals surface area contributed by atoms with Gasteiger partial charge in [0.05, 0.1) is 11.9 Å². The van der Waals surface area contributed by atoms with Gasteiger partial charge in [0.1, 0.15) is 12.6 Å². The van der Waals surface area contributed by atoms with Crippen LogP contribution in [0, 0.1) is 13.8 Å². The quantitative estimate of drug-likeness (QED) is 0.573. The van der Waals surface area contributed by atoms with Crippen LogP contribution in [-0.4, -0.2) is 50.0 Å². The summed E-state index contributed by atoms with van der Waals surface area (Å²) in [7, 11) is -3.73. The Morgan fingerprint density at radius 1 is 1.03 bits per heavy atom. The number of sulfonamides is 1. The molecular weight excluding hydrogens is 438 g/mol. The minimum absolute atomic E-state index is 0.0817. The summed E-state index contributed by atoms with van der Waals surface area (Å²) in [6.07, 6.45) is 1.48. The number of nitrogens with one attached hydrogen (secondary N) is 1. The summed E-state index contributed by atoms with van der Waals surface area (Å²) in [5.41, 5.74) is 3.20. The number of nitrogens with zero attached hydrogens (tertiary/aromatic N) is 2. The number of rotatable bonds is 10. The van der Waals surface area contributed by atoms with Gasteiger partial charge in [-0.1, -0.05) is 43.3 Å². The molecule has 0 bridgehead atoms. The summed E-state index contributed by atoms with van der Waals surface area (Å²) < 4.78 is 26.3. The van der Waals surface area contributed by atoms with Gasteiger partial charge in [-0.3, -0.25) is 13.9 Å². The van der Waals surface area contributed by atoms with Crippen molar-refractivity contribution in [1.82, 2.24) is 10.2 Å². The van der Waals surface area contributed by atoms with Gasteiger partial charge in [-0.15, -0.1) is 0 Å². The standard InChI is InChI=1S/C25H35N3O4S/c1-7-23(25(30)26-18(2)3)27(16-21-13-9-8-12-20(21)5)24(29)17-28(33(6,31)32)22-14-10-11-19(4)15-22/h8-15,18,23H,7,16-17H2,1-6H3,(H,26,30)/t23-/m0/s1. The molecule has 8 heteroatoms. The van der Waals surface area contributed by atoms with Crippen molar-refractivity contribution in [2.45, 2.75) is 59.7 Å². The monoisotopic (exact) mass is 473 g/mol. The molecule has 0 saturated heterocycles. The van der Waals surface area contributed by atoms with Crippen LogP contribution in [0.2, 0.25) is 0 Å². The summed E-state index contributed by atoms with van der Waals surface area (Å²) >= 11 is 0. The first-order valence-electron chi connectivity index (χ1n) is 11.1. The molecule has 0 heterocycles. The van der Waals surface area contributed by atoms with Crippen LogP contribution in [0.25, 0.3) is 0 Å². The molecule has 1 N–H and O–H groups in total. The van der Waals surface area contributed by atoms with E-state index in [0.717, 1.165) is 27.3 Å². The van der Waals surface area contributed by atoms with Crippen molar-refractivity contribution < 1.29 is 18.0 Å². The predicted octanol–water partition coefficient (Wildman–Crippen LogP) is 3.40. The van der Waals surface area contributed by atoms with Crippen LogP contribution in [0.1, 0.15) is 43.9 Å². The first kappa shape index (κ1) is 26.4. The second-order valence-electron chi connectivity index (χ2n) is 8.64. The van der Waals surface area contributed by atoms with Crippen molar-refractivity contribution in [3.05, 3.63) is 65.2 Å². The Morgan fingerprint density at radius 3 is 2.24 bits per heavy atom. The van der Waals surface area contributed by atoms with Crippen LogP contribution in [-0.2, 0) is 26.2 Å². The molecule has 0 unspecified atom stereocenters. The minimum atomic E-state index is -3.73. The Balaban J connectivity index is 2.46. The van der Waals surface area contributed by atoms with Crippen molar-refractivity contribution in [3.63, 3.8) is 0 Å². The van der Waals surface area contributed by atoms with E-state index in [4.69, 9.17) is 0 Å². The van der Waals surface area contributed by atoms with E-state index >= 15 is 0 Å². The van der Waals surface area contributed by atoms with E-state index in [2.05, 4.69) is 5.32 Å². The Hall–Kier alpha value is -2.87. The highest BCUT2D eigenvalue weighted by Crippen LogP contribution is 2.21. The Kier molecular flexibility index (Phi) is 9.05. The molecule has 2 aromatic carbocycles. The fourth-order valence-electron chi connectivity index (χ4n) is 3.67. The van der Waals surface area contributed by atoms with Crippen molar-refractivity contribution in [3.8, 4) is 0 Å². The van der Waals surface area contributed by atoms with Crippen LogP contribution >= 0.6 is 0 Å². The maximum atomic E-state index is 13.6. The summed E-state index contributed by atoms with van der Waals surface area (Å²) in [4.78, 5) is 28.1. The normalized spacial score (nSPS) is 12.3. The fraction of sp³-hybridized carbons (Fsp3) is 0.440. The Morgan fingerprint density at radius 2 is 1.70 bits per heavy atom. The molecule has 2 aromatic rings. The van der Waals surface area contributed by atoms with Gasteiger partial charge < -0.3 is 10.2 Å². The molecule has 2 rings (SSSR count). The van der Waals surface area contributed by atoms with Crippen LogP contribution in [0.4, 0.5) is 5.69 Å². The zero-order valence-electron chi connectivity index (χ0n) is 20.3. The lowest BCUT2D eigenvalue weighted by atomic mass is 10.1. The summed E-state index contributed by atoms with van der Waals surface area (Å²) in [6.45, 7) is 9.20. The first-order valence-corrected chi connectivity index (χ1v) is 13.0. The SMILES string of the molecule is CC[C@@H](C(=O)NC(C)C)N(Cc1ccccc1C)C(=O)CN(c1cccc(C)c1)S(C)(=O)=O. The van der Waals surface area contributed by atoms with Gasteiger partial charge in [0.15, 0.2) is 0 Å². The lowest BCUT2D eigenvalue weighted by Gasteiger charge is -2.33. The van der Waals surface area contributed by atoms with E-state index in [1.54, 1.807) is 18.2 Å². The van der Waals surface area contributed by atoms with Gasteiger partial charge in [-0.05, 0) is 62.9 Å². The van der Waals surface area contributed by atoms with Crippen LogP contribution < -0.4 is 9.62 Å². The maximum absolute atomic E-state index is 13.6. The maximum Gasteiger partial charge on any atom is 0.244 e. The number of amides is 2. The number of carbonyl (C=O) groups excluding carboxylic acids is 2. The predicted molar refractivity (Wildman–Crippen MR) is 132 cm³/mol. The molecule has 33 heavy (non-hydrogen) atoms. The molecule has 2 amide bonds. The largest absolute Gasteiger partial charge is 0.352 e. The second kappa shape index (κ2) is 11.3. The molecular formula is C25H35N3O4S. The minimum Gasteiger partial charge on any atom is -0.352 e. The van der Waals surface area contributed by atoms with Crippen molar-refractivity contribution in [2.24, 2.45) is 0 Å². The second-order valence-corrected chi connectivity index (χ2v) is 10.6. The number of hydrogen-bond acceptors (Lipinski definition) is 4. The smallest absolute Gasteiger partial charge is 0.244 e. The van der Waals surface area contributed by atoms with Gasteiger partial charge in [0.25, 0.3) is 0 Å². The van der Waals surface area contributed by atoms with Gasteiger partial charge in [0, 0.05) is 12.6 Å². The molecule has 0 aliphatic rings. The summed E-state index contributed by atoms with van der Waals surface area (Å²) in [5.74, 6) is -0.688.